The molecule has 0 fully saturated rings. The van der Waals surface area contributed by atoms with Gasteiger partial charge in [0.2, 0.25) is 0 Å². The predicted molar refractivity (Wildman–Crippen MR) is 76.5 cm³/mol. The van der Waals surface area contributed by atoms with Gasteiger partial charge in [-0.2, -0.15) is 0 Å². The van der Waals surface area contributed by atoms with Crippen molar-refractivity contribution in [3.63, 3.8) is 0 Å². The topological polar surface area (TPSA) is 39.0 Å². The highest BCUT2D eigenvalue weighted by Gasteiger charge is 2.09. The van der Waals surface area contributed by atoms with Crippen molar-refractivity contribution in [2.45, 2.75) is 6.54 Å². The van der Waals surface area contributed by atoms with Gasteiger partial charge >= 0.3 is 0 Å². The Morgan fingerprint density at radius 3 is 2.79 bits per heavy atom. The maximum Gasteiger partial charge on any atom is 0.158 e. The van der Waals surface area contributed by atoms with Crippen molar-refractivity contribution in [2.75, 3.05) is 20.3 Å². The highest BCUT2D eigenvalue weighted by atomic mass is 35.5. The zero-order chi connectivity index (χ0) is 13.7. The minimum Gasteiger partial charge on any atom is -0.455 e. The average Bonchev–Trinajstić information content (AvgIpc) is 2.83. The summed E-state index contributed by atoms with van der Waals surface area (Å²) in [5.41, 5.74) is 0.856. The lowest BCUT2D eigenvalue weighted by molar-refractivity contribution is -0.673. The number of benzene rings is 1. The van der Waals surface area contributed by atoms with Gasteiger partial charge in [0.05, 0.1) is 18.2 Å². The molecule has 0 amide bonds. The Kier molecular flexibility index (Phi) is 5.28. The maximum atomic E-state index is 6.15. The molecule has 0 radical (unpaired) electrons. The van der Waals surface area contributed by atoms with Crippen molar-refractivity contribution in [1.82, 2.24) is 0 Å². The van der Waals surface area contributed by atoms with Crippen LogP contribution in [-0.4, -0.2) is 20.3 Å². The fourth-order valence-corrected chi connectivity index (χ4v) is 2.27. The number of furan rings is 1. The van der Waals surface area contributed by atoms with Gasteiger partial charge < -0.3 is 14.5 Å². The highest BCUT2D eigenvalue weighted by molar-refractivity contribution is 6.36. The summed E-state index contributed by atoms with van der Waals surface area (Å²) in [6.07, 6.45) is 0. The number of methoxy groups -OCH3 is 1. The van der Waals surface area contributed by atoms with Gasteiger partial charge in [-0.3, -0.25) is 0 Å². The van der Waals surface area contributed by atoms with Crippen LogP contribution in [0, 0.1) is 0 Å². The van der Waals surface area contributed by atoms with Crippen LogP contribution in [0.3, 0.4) is 0 Å². The molecule has 102 valence electrons. The average molecular weight is 301 g/mol. The normalized spacial score (nSPS) is 10.9. The summed E-state index contributed by atoms with van der Waals surface area (Å²) in [5, 5.41) is 3.35. The van der Waals surface area contributed by atoms with Crippen LogP contribution in [0.25, 0.3) is 11.3 Å². The van der Waals surface area contributed by atoms with Crippen molar-refractivity contribution in [1.29, 1.82) is 0 Å². The molecular formula is C14H16Cl2NO2+. The van der Waals surface area contributed by atoms with Crippen molar-refractivity contribution in [3.8, 4) is 11.3 Å². The number of hydrogen-bond donors (Lipinski definition) is 1. The van der Waals surface area contributed by atoms with Gasteiger partial charge in [0.1, 0.15) is 12.3 Å². The van der Waals surface area contributed by atoms with Crippen molar-refractivity contribution in [2.24, 2.45) is 0 Å². The number of halogens is 2. The van der Waals surface area contributed by atoms with E-state index in [9.17, 15) is 0 Å². The minimum atomic E-state index is 0.594. The molecule has 0 aliphatic carbocycles. The number of rotatable bonds is 6. The monoisotopic (exact) mass is 300 g/mol. The molecule has 19 heavy (non-hydrogen) atoms. The summed E-state index contributed by atoms with van der Waals surface area (Å²) < 4.78 is 10.8. The molecular weight excluding hydrogens is 285 g/mol. The quantitative estimate of drug-likeness (QED) is 0.833. The van der Waals surface area contributed by atoms with Crippen LogP contribution in [0.5, 0.6) is 0 Å². The van der Waals surface area contributed by atoms with Gasteiger partial charge in [-0.05, 0) is 30.3 Å². The molecule has 3 nitrogen and oxygen atoms in total. The van der Waals surface area contributed by atoms with E-state index in [4.69, 9.17) is 32.4 Å². The molecule has 0 saturated carbocycles. The Morgan fingerprint density at radius 2 is 2.05 bits per heavy atom. The molecule has 2 rings (SSSR count). The summed E-state index contributed by atoms with van der Waals surface area (Å²) in [5.74, 6) is 1.67. The van der Waals surface area contributed by atoms with Gasteiger partial charge in [-0.1, -0.05) is 23.2 Å². The Labute approximate surface area is 122 Å². The molecule has 0 unspecified atom stereocenters. The van der Waals surface area contributed by atoms with Gasteiger partial charge in [0.25, 0.3) is 0 Å². The van der Waals surface area contributed by atoms with E-state index < -0.39 is 0 Å². The molecule has 0 spiro atoms. The second kappa shape index (κ2) is 6.96. The summed E-state index contributed by atoms with van der Waals surface area (Å²) in [6.45, 7) is 2.43. The van der Waals surface area contributed by atoms with Crippen LogP contribution in [-0.2, 0) is 11.3 Å². The van der Waals surface area contributed by atoms with E-state index in [0.717, 1.165) is 36.8 Å². The van der Waals surface area contributed by atoms with E-state index in [2.05, 4.69) is 5.32 Å². The number of quaternary nitrogens is 1. The Balaban J connectivity index is 2.04. The second-order valence-corrected chi connectivity index (χ2v) is 5.01. The fourth-order valence-electron chi connectivity index (χ4n) is 1.77. The van der Waals surface area contributed by atoms with Gasteiger partial charge in [0, 0.05) is 17.7 Å². The smallest absolute Gasteiger partial charge is 0.158 e. The van der Waals surface area contributed by atoms with Crippen LogP contribution >= 0.6 is 23.2 Å². The second-order valence-electron chi connectivity index (χ2n) is 4.16. The first-order chi connectivity index (χ1) is 9.20. The number of ether oxygens (including phenoxy) is 1. The first kappa shape index (κ1) is 14.4. The largest absolute Gasteiger partial charge is 0.455 e. The SMILES string of the molecule is COCC[NH2+]Cc1ccc(-c2ccc(Cl)cc2Cl)o1. The lowest BCUT2D eigenvalue weighted by Gasteiger charge is -2.01. The van der Waals surface area contributed by atoms with Gasteiger partial charge in [-0.25, -0.2) is 0 Å². The molecule has 2 N–H and O–H groups in total. The lowest BCUT2D eigenvalue weighted by Crippen LogP contribution is -2.83. The summed E-state index contributed by atoms with van der Waals surface area (Å²) >= 11 is 12.0. The van der Waals surface area contributed by atoms with Gasteiger partial charge in [-0.15, -0.1) is 0 Å². The van der Waals surface area contributed by atoms with Crippen LogP contribution < -0.4 is 5.32 Å². The molecule has 0 aliphatic rings. The van der Waals surface area contributed by atoms with Crippen LogP contribution in [0.15, 0.2) is 34.7 Å². The van der Waals surface area contributed by atoms with E-state index in [0.29, 0.717) is 10.0 Å². The molecule has 1 heterocycles. The van der Waals surface area contributed by atoms with Crippen LogP contribution in [0.4, 0.5) is 0 Å². The van der Waals surface area contributed by atoms with E-state index >= 15 is 0 Å². The first-order valence-electron chi connectivity index (χ1n) is 6.05. The van der Waals surface area contributed by atoms with Crippen molar-refractivity contribution >= 4 is 23.2 Å². The maximum absolute atomic E-state index is 6.15. The summed E-state index contributed by atoms with van der Waals surface area (Å²) in [6, 6.07) is 9.27. The van der Waals surface area contributed by atoms with Crippen LogP contribution in [0.1, 0.15) is 5.76 Å². The van der Waals surface area contributed by atoms with E-state index in [-0.39, 0.29) is 0 Å². The minimum absolute atomic E-state index is 0.594. The standard InChI is InChI=1S/C14H15Cl2NO2/c1-18-7-6-17-9-11-3-5-14(19-11)12-4-2-10(15)8-13(12)16/h2-5,8,17H,6-7,9H2,1H3/p+1. The third kappa shape index (κ3) is 3.98. The van der Waals surface area contributed by atoms with E-state index in [1.807, 2.05) is 18.2 Å². The molecule has 1 aromatic heterocycles. The number of hydrogen-bond acceptors (Lipinski definition) is 2. The third-order valence-corrected chi connectivity index (χ3v) is 3.28. The molecule has 0 bridgehead atoms. The Morgan fingerprint density at radius 1 is 1.21 bits per heavy atom. The molecule has 0 atom stereocenters. The predicted octanol–water partition coefficient (Wildman–Crippen LogP) is 2.96. The van der Waals surface area contributed by atoms with Crippen molar-refractivity contribution in [3.05, 3.63) is 46.1 Å². The third-order valence-electron chi connectivity index (χ3n) is 2.73. The van der Waals surface area contributed by atoms with Crippen molar-refractivity contribution < 1.29 is 14.5 Å². The lowest BCUT2D eigenvalue weighted by atomic mass is 10.2. The first-order valence-corrected chi connectivity index (χ1v) is 6.81. The highest BCUT2D eigenvalue weighted by Crippen LogP contribution is 2.31. The fraction of sp³-hybridized carbons (Fsp3) is 0.286. The molecule has 0 saturated heterocycles. The Hall–Kier alpha value is -1.00. The molecule has 5 heteroatoms. The zero-order valence-electron chi connectivity index (χ0n) is 10.7. The molecule has 0 aliphatic heterocycles. The van der Waals surface area contributed by atoms with Crippen LogP contribution in [0.2, 0.25) is 10.0 Å². The van der Waals surface area contributed by atoms with E-state index in [1.54, 1.807) is 19.2 Å². The van der Waals surface area contributed by atoms with Gasteiger partial charge in [0.15, 0.2) is 5.76 Å². The zero-order valence-corrected chi connectivity index (χ0v) is 12.2. The molecule has 1 aromatic carbocycles. The molecule has 2 aromatic rings. The summed E-state index contributed by atoms with van der Waals surface area (Å²) in [4.78, 5) is 0. The van der Waals surface area contributed by atoms with E-state index in [1.165, 1.54) is 0 Å². The summed E-state index contributed by atoms with van der Waals surface area (Å²) in [7, 11) is 1.70. The number of nitrogens with two attached hydrogens (primary N) is 1. The Bertz CT molecular complexity index is 540.